The molecule has 0 fully saturated rings. The molecule has 20 heavy (non-hydrogen) atoms. The van der Waals surface area contributed by atoms with Gasteiger partial charge in [0.25, 0.3) is 0 Å². The van der Waals surface area contributed by atoms with E-state index in [2.05, 4.69) is 30.4 Å². The predicted molar refractivity (Wildman–Crippen MR) is 82.8 cm³/mol. The van der Waals surface area contributed by atoms with Crippen molar-refractivity contribution in [2.75, 3.05) is 11.1 Å². The highest BCUT2D eigenvalue weighted by atomic mass is 19.1. The Hall–Kier alpha value is -2.55. The zero-order valence-electron chi connectivity index (χ0n) is 11.2. The first-order valence-corrected chi connectivity index (χ1v) is 6.45. The van der Waals surface area contributed by atoms with E-state index >= 15 is 0 Å². The van der Waals surface area contributed by atoms with Crippen LogP contribution in [-0.2, 0) is 0 Å². The van der Waals surface area contributed by atoms with E-state index in [1.807, 2.05) is 18.2 Å². The Bertz CT molecular complexity index is 761. The third-order valence-corrected chi connectivity index (χ3v) is 3.31. The predicted octanol–water partition coefficient (Wildman–Crippen LogP) is 4.61. The average molecular weight is 266 g/mol. The number of hydrogen-bond acceptors (Lipinski definition) is 2. The number of anilines is 3. The van der Waals surface area contributed by atoms with Gasteiger partial charge in [-0.3, -0.25) is 0 Å². The molecule has 0 aromatic heterocycles. The zero-order chi connectivity index (χ0) is 14.1. The number of para-hydroxylation sites is 1. The highest BCUT2D eigenvalue weighted by Gasteiger charge is 2.06. The number of halogens is 1. The number of benzene rings is 3. The molecule has 0 bridgehead atoms. The lowest BCUT2D eigenvalue weighted by atomic mass is 10.1. The summed E-state index contributed by atoms with van der Waals surface area (Å²) in [6.45, 7) is 2.06. The fourth-order valence-electron chi connectivity index (χ4n) is 2.26. The van der Waals surface area contributed by atoms with E-state index in [0.29, 0.717) is 11.4 Å². The van der Waals surface area contributed by atoms with E-state index in [1.165, 1.54) is 11.6 Å². The molecule has 0 heterocycles. The number of aryl methyl sites for hydroxylation is 1. The molecule has 3 rings (SSSR count). The second-order valence-corrected chi connectivity index (χ2v) is 4.89. The molecular weight excluding hydrogens is 251 g/mol. The number of hydrogen-bond donors (Lipinski definition) is 2. The summed E-state index contributed by atoms with van der Waals surface area (Å²) < 4.78 is 13.8. The first-order valence-electron chi connectivity index (χ1n) is 6.45. The van der Waals surface area contributed by atoms with Gasteiger partial charge in [-0.1, -0.05) is 35.9 Å². The van der Waals surface area contributed by atoms with Gasteiger partial charge in [0.1, 0.15) is 5.82 Å². The standard InChI is InChI=1S/C17H15FN2/c1-11-5-6-13-10-14(8-7-12(13)9-11)20-17-15(18)3-2-4-16(17)19/h2-10,20H,19H2,1H3. The summed E-state index contributed by atoms with van der Waals surface area (Å²) in [7, 11) is 0. The number of rotatable bonds is 2. The molecule has 0 unspecified atom stereocenters. The topological polar surface area (TPSA) is 38.0 Å². The van der Waals surface area contributed by atoms with Gasteiger partial charge in [-0.05, 0) is 42.0 Å². The Labute approximate surface area is 117 Å². The quantitative estimate of drug-likeness (QED) is 0.664. The molecule has 3 aromatic rings. The van der Waals surface area contributed by atoms with E-state index in [9.17, 15) is 4.39 Å². The molecule has 0 aliphatic heterocycles. The molecule has 0 aliphatic rings. The van der Waals surface area contributed by atoms with Crippen molar-refractivity contribution in [3.63, 3.8) is 0 Å². The highest BCUT2D eigenvalue weighted by Crippen LogP contribution is 2.28. The molecule has 3 heteroatoms. The van der Waals surface area contributed by atoms with Crippen LogP contribution in [0.15, 0.2) is 54.6 Å². The van der Waals surface area contributed by atoms with Crippen LogP contribution in [0, 0.1) is 12.7 Å². The Morgan fingerprint density at radius 2 is 1.70 bits per heavy atom. The number of nitrogens with one attached hydrogen (secondary N) is 1. The third kappa shape index (κ3) is 2.30. The number of nitrogen functional groups attached to an aromatic ring is 1. The summed E-state index contributed by atoms with van der Waals surface area (Å²) >= 11 is 0. The zero-order valence-corrected chi connectivity index (χ0v) is 11.2. The van der Waals surface area contributed by atoms with E-state index in [4.69, 9.17) is 5.73 Å². The Morgan fingerprint density at radius 3 is 2.50 bits per heavy atom. The second kappa shape index (κ2) is 4.85. The van der Waals surface area contributed by atoms with Gasteiger partial charge >= 0.3 is 0 Å². The molecule has 0 saturated carbocycles. The van der Waals surface area contributed by atoms with Crippen molar-refractivity contribution < 1.29 is 4.39 Å². The van der Waals surface area contributed by atoms with Crippen LogP contribution in [0.4, 0.5) is 21.5 Å². The molecule has 100 valence electrons. The second-order valence-electron chi connectivity index (χ2n) is 4.89. The highest BCUT2D eigenvalue weighted by molar-refractivity contribution is 5.87. The van der Waals surface area contributed by atoms with Crippen LogP contribution in [0.25, 0.3) is 10.8 Å². The summed E-state index contributed by atoms with van der Waals surface area (Å²) in [5.74, 6) is -0.353. The maximum atomic E-state index is 13.8. The van der Waals surface area contributed by atoms with Crippen molar-refractivity contribution in [2.45, 2.75) is 6.92 Å². The average Bonchev–Trinajstić information content (AvgIpc) is 2.43. The lowest BCUT2D eigenvalue weighted by Gasteiger charge is -2.11. The fraction of sp³-hybridized carbons (Fsp3) is 0.0588. The normalized spacial score (nSPS) is 10.7. The van der Waals surface area contributed by atoms with E-state index in [1.54, 1.807) is 12.1 Å². The van der Waals surface area contributed by atoms with Crippen LogP contribution in [0.2, 0.25) is 0 Å². The third-order valence-electron chi connectivity index (χ3n) is 3.31. The minimum atomic E-state index is -0.353. The van der Waals surface area contributed by atoms with Gasteiger partial charge < -0.3 is 11.1 Å². The van der Waals surface area contributed by atoms with Crippen LogP contribution in [0.1, 0.15) is 5.56 Å². The summed E-state index contributed by atoms with van der Waals surface area (Å²) in [6, 6.07) is 16.8. The number of nitrogens with two attached hydrogens (primary N) is 1. The van der Waals surface area contributed by atoms with Gasteiger partial charge in [-0.25, -0.2) is 4.39 Å². The number of fused-ring (bicyclic) bond motifs is 1. The van der Waals surface area contributed by atoms with E-state index < -0.39 is 0 Å². The molecule has 0 spiro atoms. The molecule has 0 amide bonds. The van der Waals surface area contributed by atoms with Gasteiger partial charge in [0, 0.05) is 5.69 Å². The molecule has 2 nitrogen and oxygen atoms in total. The van der Waals surface area contributed by atoms with Crippen molar-refractivity contribution in [3.05, 3.63) is 66.0 Å². The summed E-state index contributed by atoms with van der Waals surface area (Å²) in [6.07, 6.45) is 0. The van der Waals surface area contributed by atoms with Crippen LogP contribution < -0.4 is 11.1 Å². The Balaban J connectivity index is 2.01. The largest absolute Gasteiger partial charge is 0.397 e. The molecule has 0 radical (unpaired) electrons. The van der Waals surface area contributed by atoms with Crippen molar-refractivity contribution in [1.82, 2.24) is 0 Å². The first kappa shape index (κ1) is 12.5. The SMILES string of the molecule is Cc1ccc2cc(Nc3c(N)cccc3F)ccc2c1. The maximum Gasteiger partial charge on any atom is 0.148 e. The lowest BCUT2D eigenvalue weighted by Crippen LogP contribution is -1.99. The van der Waals surface area contributed by atoms with E-state index in [0.717, 1.165) is 16.5 Å². The van der Waals surface area contributed by atoms with Crippen molar-refractivity contribution in [3.8, 4) is 0 Å². The smallest absolute Gasteiger partial charge is 0.148 e. The molecule has 0 saturated heterocycles. The Morgan fingerprint density at radius 1 is 0.950 bits per heavy atom. The fourth-order valence-corrected chi connectivity index (χ4v) is 2.26. The van der Waals surface area contributed by atoms with Crippen molar-refractivity contribution in [1.29, 1.82) is 0 Å². The Kier molecular flexibility index (Phi) is 3.03. The lowest BCUT2D eigenvalue weighted by molar-refractivity contribution is 0.632. The molecular formula is C17H15FN2. The van der Waals surface area contributed by atoms with E-state index in [-0.39, 0.29) is 5.82 Å². The van der Waals surface area contributed by atoms with Gasteiger partial charge in [-0.2, -0.15) is 0 Å². The van der Waals surface area contributed by atoms with Gasteiger partial charge in [0.15, 0.2) is 0 Å². The van der Waals surface area contributed by atoms with Crippen LogP contribution in [-0.4, -0.2) is 0 Å². The van der Waals surface area contributed by atoms with Crippen LogP contribution >= 0.6 is 0 Å². The molecule has 3 aromatic carbocycles. The van der Waals surface area contributed by atoms with Gasteiger partial charge in [0.05, 0.1) is 11.4 Å². The van der Waals surface area contributed by atoms with Gasteiger partial charge in [-0.15, -0.1) is 0 Å². The van der Waals surface area contributed by atoms with Crippen molar-refractivity contribution in [2.24, 2.45) is 0 Å². The van der Waals surface area contributed by atoms with Crippen LogP contribution in [0.3, 0.4) is 0 Å². The monoisotopic (exact) mass is 266 g/mol. The summed E-state index contributed by atoms with van der Waals surface area (Å²) in [4.78, 5) is 0. The molecule has 0 aliphatic carbocycles. The van der Waals surface area contributed by atoms with Gasteiger partial charge in [0.2, 0.25) is 0 Å². The minimum absolute atomic E-state index is 0.318. The molecule has 3 N–H and O–H groups in total. The first-order chi connectivity index (χ1) is 9.63. The van der Waals surface area contributed by atoms with Crippen molar-refractivity contribution >= 4 is 27.8 Å². The summed E-state index contributed by atoms with van der Waals surface area (Å²) in [5, 5.41) is 5.32. The maximum absolute atomic E-state index is 13.8. The van der Waals surface area contributed by atoms with Crippen LogP contribution in [0.5, 0.6) is 0 Å². The minimum Gasteiger partial charge on any atom is -0.397 e. The summed E-state index contributed by atoms with van der Waals surface area (Å²) in [5.41, 5.74) is 8.55. The molecule has 0 atom stereocenters.